The average Bonchev–Trinajstić information content (AvgIpc) is 2.49. The molecule has 3 nitrogen and oxygen atoms in total. The van der Waals surface area contributed by atoms with E-state index in [1.165, 1.54) is 11.1 Å². The van der Waals surface area contributed by atoms with E-state index in [1.807, 2.05) is 18.2 Å². The van der Waals surface area contributed by atoms with Crippen LogP contribution in [0.3, 0.4) is 0 Å². The molecule has 0 saturated carbocycles. The van der Waals surface area contributed by atoms with Crippen molar-refractivity contribution in [3.63, 3.8) is 0 Å². The Balaban J connectivity index is 2.21. The third-order valence-electron chi connectivity index (χ3n) is 3.65. The smallest absolute Gasteiger partial charge is 0.121 e. The Kier molecular flexibility index (Phi) is 5.23. The van der Waals surface area contributed by atoms with E-state index in [4.69, 9.17) is 4.74 Å². The lowest BCUT2D eigenvalue weighted by Crippen LogP contribution is -2.23. The van der Waals surface area contributed by atoms with Crippen molar-refractivity contribution in [3.8, 4) is 11.5 Å². The molecule has 0 aliphatic carbocycles. The zero-order valence-corrected chi connectivity index (χ0v) is 12.9. The van der Waals surface area contributed by atoms with E-state index in [0.29, 0.717) is 5.75 Å². The minimum Gasteiger partial charge on any atom is -0.508 e. The van der Waals surface area contributed by atoms with E-state index in [1.54, 1.807) is 19.2 Å². The standard InChI is InChI=1S/C18H23NO2/c1-4-19-17(12-14-5-8-16(20)9-6-14)15-7-10-18(21-3)13(2)11-15/h5-11,17,19-20H,4,12H2,1-3H3. The minimum absolute atomic E-state index is 0.254. The van der Waals surface area contributed by atoms with Gasteiger partial charge in [-0.2, -0.15) is 0 Å². The zero-order chi connectivity index (χ0) is 15.2. The molecule has 0 radical (unpaired) electrons. The number of rotatable bonds is 6. The molecule has 0 fully saturated rings. The summed E-state index contributed by atoms with van der Waals surface area (Å²) in [4.78, 5) is 0. The molecule has 0 heterocycles. The molecule has 0 amide bonds. The van der Waals surface area contributed by atoms with Gasteiger partial charge >= 0.3 is 0 Å². The second-order valence-electron chi connectivity index (χ2n) is 5.21. The molecule has 2 aromatic rings. The van der Waals surface area contributed by atoms with Gasteiger partial charge in [0.05, 0.1) is 7.11 Å². The Bertz CT molecular complexity index is 578. The molecular weight excluding hydrogens is 262 g/mol. The molecule has 1 unspecified atom stereocenters. The van der Waals surface area contributed by atoms with E-state index in [-0.39, 0.29) is 6.04 Å². The number of phenolic OH excluding ortho intramolecular Hbond substituents is 1. The molecule has 2 rings (SSSR count). The molecule has 0 bridgehead atoms. The maximum atomic E-state index is 9.38. The summed E-state index contributed by atoms with van der Waals surface area (Å²) in [7, 11) is 1.69. The highest BCUT2D eigenvalue weighted by Gasteiger charge is 2.12. The van der Waals surface area contributed by atoms with E-state index in [2.05, 4.69) is 31.3 Å². The number of nitrogens with one attached hydrogen (secondary N) is 1. The van der Waals surface area contributed by atoms with Crippen molar-refractivity contribution in [2.45, 2.75) is 26.3 Å². The van der Waals surface area contributed by atoms with Gasteiger partial charge in [0, 0.05) is 6.04 Å². The molecular formula is C18H23NO2. The summed E-state index contributed by atoms with van der Waals surface area (Å²) < 4.78 is 5.32. The maximum absolute atomic E-state index is 9.38. The SMILES string of the molecule is CCNC(Cc1ccc(O)cc1)c1ccc(OC)c(C)c1. The molecule has 0 saturated heterocycles. The van der Waals surface area contributed by atoms with Gasteiger partial charge in [0.1, 0.15) is 11.5 Å². The lowest BCUT2D eigenvalue weighted by Gasteiger charge is -2.20. The summed E-state index contributed by atoms with van der Waals surface area (Å²) in [6.45, 7) is 5.08. The van der Waals surface area contributed by atoms with Crippen molar-refractivity contribution in [1.82, 2.24) is 5.32 Å². The van der Waals surface area contributed by atoms with Crippen LogP contribution in [-0.2, 0) is 6.42 Å². The van der Waals surface area contributed by atoms with Crippen LogP contribution in [0.4, 0.5) is 0 Å². The molecule has 0 spiro atoms. The Morgan fingerprint density at radius 2 is 1.86 bits per heavy atom. The van der Waals surface area contributed by atoms with Gasteiger partial charge < -0.3 is 15.2 Å². The second-order valence-corrected chi connectivity index (χ2v) is 5.21. The Morgan fingerprint density at radius 1 is 1.14 bits per heavy atom. The summed E-state index contributed by atoms with van der Waals surface area (Å²) in [5.74, 6) is 1.22. The lowest BCUT2D eigenvalue weighted by atomic mass is 9.97. The van der Waals surface area contributed by atoms with Crippen molar-refractivity contribution < 1.29 is 9.84 Å². The van der Waals surface area contributed by atoms with E-state index in [0.717, 1.165) is 24.3 Å². The van der Waals surface area contributed by atoms with Crippen LogP contribution in [0, 0.1) is 6.92 Å². The van der Waals surface area contributed by atoms with Gasteiger partial charge in [0.15, 0.2) is 0 Å². The Morgan fingerprint density at radius 3 is 2.43 bits per heavy atom. The normalized spacial score (nSPS) is 12.1. The Hall–Kier alpha value is -2.00. The molecule has 2 N–H and O–H groups in total. The van der Waals surface area contributed by atoms with Gasteiger partial charge in [-0.3, -0.25) is 0 Å². The number of aromatic hydroxyl groups is 1. The van der Waals surface area contributed by atoms with E-state index in [9.17, 15) is 5.11 Å². The number of hydrogen-bond donors (Lipinski definition) is 2. The van der Waals surface area contributed by atoms with Crippen LogP contribution in [0.5, 0.6) is 11.5 Å². The van der Waals surface area contributed by atoms with Crippen LogP contribution in [0.2, 0.25) is 0 Å². The first-order valence-corrected chi connectivity index (χ1v) is 7.30. The van der Waals surface area contributed by atoms with Gasteiger partial charge in [-0.05, 0) is 54.8 Å². The lowest BCUT2D eigenvalue weighted by molar-refractivity contribution is 0.411. The monoisotopic (exact) mass is 285 g/mol. The fourth-order valence-electron chi connectivity index (χ4n) is 2.54. The number of ether oxygens (including phenoxy) is 1. The fourth-order valence-corrected chi connectivity index (χ4v) is 2.54. The minimum atomic E-state index is 0.254. The predicted octanol–water partition coefficient (Wildman–Crippen LogP) is 3.60. The van der Waals surface area contributed by atoms with Crippen molar-refractivity contribution in [2.24, 2.45) is 0 Å². The van der Waals surface area contributed by atoms with Gasteiger partial charge in [-0.1, -0.05) is 31.2 Å². The van der Waals surface area contributed by atoms with E-state index >= 15 is 0 Å². The molecule has 0 aliphatic heterocycles. The molecule has 2 aromatic carbocycles. The molecule has 21 heavy (non-hydrogen) atoms. The molecule has 112 valence electrons. The van der Waals surface area contributed by atoms with Crippen molar-refractivity contribution in [2.75, 3.05) is 13.7 Å². The van der Waals surface area contributed by atoms with Crippen LogP contribution < -0.4 is 10.1 Å². The maximum Gasteiger partial charge on any atom is 0.121 e. The van der Waals surface area contributed by atoms with Gasteiger partial charge in [-0.25, -0.2) is 0 Å². The number of phenols is 1. The van der Waals surface area contributed by atoms with Crippen LogP contribution in [0.15, 0.2) is 42.5 Å². The van der Waals surface area contributed by atoms with Crippen LogP contribution in [0.25, 0.3) is 0 Å². The number of likely N-dealkylation sites (N-methyl/N-ethyl adjacent to an activating group) is 1. The van der Waals surface area contributed by atoms with Crippen LogP contribution in [0.1, 0.15) is 29.7 Å². The molecule has 1 atom stereocenters. The third-order valence-corrected chi connectivity index (χ3v) is 3.65. The first-order chi connectivity index (χ1) is 10.1. The first-order valence-electron chi connectivity index (χ1n) is 7.30. The summed E-state index contributed by atoms with van der Waals surface area (Å²) >= 11 is 0. The van der Waals surface area contributed by atoms with Crippen molar-refractivity contribution in [3.05, 3.63) is 59.2 Å². The number of aryl methyl sites for hydroxylation is 1. The predicted molar refractivity (Wildman–Crippen MR) is 86.0 cm³/mol. The summed E-state index contributed by atoms with van der Waals surface area (Å²) in [6.07, 6.45) is 0.889. The molecule has 0 aliphatic rings. The molecule has 3 heteroatoms. The zero-order valence-electron chi connectivity index (χ0n) is 12.9. The number of methoxy groups -OCH3 is 1. The van der Waals surface area contributed by atoms with Gasteiger partial charge in [-0.15, -0.1) is 0 Å². The average molecular weight is 285 g/mol. The number of hydrogen-bond acceptors (Lipinski definition) is 3. The quantitative estimate of drug-likeness (QED) is 0.852. The first kappa shape index (κ1) is 15.4. The number of benzene rings is 2. The summed E-state index contributed by atoms with van der Waals surface area (Å²) in [6, 6.07) is 14.0. The second kappa shape index (κ2) is 7.14. The van der Waals surface area contributed by atoms with Gasteiger partial charge in [0.25, 0.3) is 0 Å². The highest BCUT2D eigenvalue weighted by Crippen LogP contribution is 2.25. The topological polar surface area (TPSA) is 41.5 Å². The fraction of sp³-hybridized carbons (Fsp3) is 0.333. The van der Waals surface area contributed by atoms with Gasteiger partial charge in [0.2, 0.25) is 0 Å². The highest BCUT2D eigenvalue weighted by molar-refractivity contribution is 5.38. The van der Waals surface area contributed by atoms with Crippen molar-refractivity contribution >= 4 is 0 Å². The molecule has 0 aromatic heterocycles. The van der Waals surface area contributed by atoms with Crippen LogP contribution >= 0.6 is 0 Å². The summed E-state index contributed by atoms with van der Waals surface area (Å²) in [5, 5.41) is 12.9. The van der Waals surface area contributed by atoms with E-state index < -0.39 is 0 Å². The Labute approximate surface area is 126 Å². The summed E-state index contributed by atoms with van der Waals surface area (Å²) in [5.41, 5.74) is 3.60. The van der Waals surface area contributed by atoms with Crippen LogP contribution in [-0.4, -0.2) is 18.8 Å². The highest BCUT2D eigenvalue weighted by atomic mass is 16.5. The van der Waals surface area contributed by atoms with Crippen molar-refractivity contribution in [1.29, 1.82) is 0 Å². The third kappa shape index (κ3) is 3.99. The largest absolute Gasteiger partial charge is 0.508 e.